The molecule has 8 heteroatoms. The van der Waals surface area contributed by atoms with E-state index in [1.165, 1.54) is 11.8 Å². The lowest BCUT2D eigenvalue weighted by atomic mass is 10.1. The summed E-state index contributed by atoms with van der Waals surface area (Å²) in [5.74, 6) is -7.64. The van der Waals surface area contributed by atoms with Gasteiger partial charge < -0.3 is 10.4 Å². The van der Waals surface area contributed by atoms with Gasteiger partial charge >= 0.3 is 0 Å². The third-order valence-corrected chi connectivity index (χ3v) is 3.26. The quantitative estimate of drug-likeness (QED) is 0.625. The van der Waals surface area contributed by atoms with Crippen molar-refractivity contribution in [3.63, 3.8) is 0 Å². The number of nitrogens with one attached hydrogen (secondary N) is 1. The van der Waals surface area contributed by atoms with Crippen LogP contribution in [-0.2, 0) is 0 Å². The van der Waals surface area contributed by atoms with Gasteiger partial charge in [0.15, 0.2) is 23.3 Å². The molecule has 0 bridgehead atoms. The van der Waals surface area contributed by atoms with Crippen molar-refractivity contribution in [3.05, 3.63) is 34.9 Å². The van der Waals surface area contributed by atoms with Crippen LogP contribution >= 0.6 is 11.8 Å². The van der Waals surface area contributed by atoms with Gasteiger partial charge in [0.05, 0.1) is 0 Å². The molecular weight excluding hydrogens is 298 g/mol. The first-order valence-electron chi connectivity index (χ1n) is 5.66. The predicted octanol–water partition coefficient (Wildman–Crippen LogP) is 2.09. The Morgan fingerprint density at radius 2 is 1.85 bits per heavy atom. The fourth-order valence-corrected chi connectivity index (χ4v) is 2.24. The zero-order valence-corrected chi connectivity index (χ0v) is 11.4. The molecule has 0 saturated carbocycles. The van der Waals surface area contributed by atoms with Gasteiger partial charge in [0.25, 0.3) is 5.91 Å². The fraction of sp³-hybridized carbons (Fsp3) is 0.417. The van der Waals surface area contributed by atoms with Gasteiger partial charge in [-0.15, -0.1) is 0 Å². The van der Waals surface area contributed by atoms with E-state index in [2.05, 4.69) is 5.32 Å². The van der Waals surface area contributed by atoms with Crippen LogP contribution in [0, 0.1) is 23.3 Å². The number of rotatable bonds is 6. The van der Waals surface area contributed by atoms with Crippen molar-refractivity contribution >= 4 is 17.7 Å². The third kappa shape index (κ3) is 3.86. The summed E-state index contributed by atoms with van der Waals surface area (Å²) in [6.45, 7) is -0.242. The molecule has 1 atom stereocenters. The minimum absolute atomic E-state index is 0.0363. The largest absolute Gasteiger partial charge is 0.396 e. The molecule has 0 saturated heterocycles. The van der Waals surface area contributed by atoms with Crippen LogP contribution in [0.3, 0.4) is 0 Å². The van der Waals surface area contributed by atoms with Gasteiger partial charge in [-0.3, -0.25) is 4.79 Å². The number of carbonyl (C=O) groups excluding carboxylic acids is 1. The molecule has 0 aliphatic heterocycles. The second kappa shape index (κ2) is 7.49. The van der Waals surface area contributed by atoms with Crippen molar-refractivity contribution in [2.45, 2.75) is 12.5 Å². The summed E-state index contributed by atoms with van der Waals surface area (Å²) in [4.78, 5) is 11.7. The average Bonchev–Trinajstić information content (AvgIpc) is 2.37. The molecule has 0 unspecified atom stereocenters. The van der Waals surface area contributed by atoms with E-state index in [0.29, 0.717) is 5.75 Å². The van der Waals surface area contributed by atoms with Gasteiger partial charge in [0.1, 0.15) is 5.56 Å². The van der Waals surface area contributed by atoms with Crippen LogP contribution in [-0.4, -0.2) is 35.7 Å². The highest BCUT2D eigenvalue weighted by Crippen LogP contribution is 2.19. The molecule has 112 valence electrons. The van der Waals surface area contributed by atoms with Crippen LogP contribution in [0.4, 0.5) is 17.6 Å². The van der Waals surface area contributed by atoms with E-state index < -0.39 is 40.8 Å². The monoisotopic (exact) mass is 311 g/mol. The second-order valence-corrected chi connectivity index (χ2v) is 4.89. The number of carbonyl (C=O) groups is 1. The summed E-state index contributed by atoms with van der Waals surface area (Å²) < 4.78 is 52.9. The average molecular weight is 311 g/mol. The fourth-order valence-electron chi connectivity index (χ4n) is 1.58. The number of benzene rings is 1. The molecule has 3 nitrogen and oxygen atoms in total. The molecule has 0 aromatic heterocycles. The van der Waals surface area contributed by atoms with E-state index >= 15 is 0 Å². The summed E-state index contributed by atoms with van der Waals surface area (Å²) in [6.07, 6.45) is 1.90. The van der Waals surface area contributed by atoms with E-state index in [1.54, 1.807) is 6.26 Å². The minimum atomic E-state index is -1.74. The van der Waals surface area contributed by atoms with Gasteiger partial charge in [-0.1, -0.05) is 0 Å². The lowest BCUT2D eigenvalue weighted by Crippen LogP contribution is -2.38. The van der Waals surface area contributed by atoms with Crippen molar-refractivity contribution in [1.29, 1.82) is 0 Å². The Balaban J connectivity index is 3.02. The smallest absolute Gasteiger partial charge is 0.257 e. The highest BCUT2D eigenvalue weighted by atomic mass is 32.2. The first-order valence-corrected chi connectivity index (χ1v) is 7.05. The normalized spacial score (nSPS) is 12.3. The summed E-state index contributed by atoms with van der Waals surface area (Å²) >= 11 is 1.34. The van der Waals surface area contributed by atoms with Crippen molar-refractivity contribution in [2.75, 3.05) is 18.6 Å². The van der Waals surface area contributed by atoms with Crippen LogP contribution < -0.4 is 5.32 Å². The Kier molecular flexibility index (Phi) is 6.28. The number of aliphatic hydroxyl groups is 1. The number of aliphatic hydroxyl groups excluding tert-OH is 1. The summed E-state index contributed by atoms with van der Waals surface area (Å²) in [5, 5.41) is 11.1. The third-order valence-electron chi connectivity index (χ3n) is 2.52. The maximum absolute atomic E-state index is 13.4. The summed E-state index contributed by atoms with van der Waals surface area (Å²) in [5.41, 5.74) is -1.30. The van der Waals surface area contributed by atoms with Gasteiger partial charge in [-0.05, 0) is 12.7 Å². The Morgan fingerprint density at radius 1 is 1.30 bits per heavy atom. The molecule has 1 rings (SSSR count). The maximum atomic E-state index is 13.4. The van der Waals surface area contributed by atoms with Crippen LogP contribution in [0.1, 0.15) is 16.8 Å². The molecule has 0 aliphatic carbocycles. The second-order valence-electron chi connectivity index (χ2n) is 3.98. The van der Waals surface area contributed by atoms with Crippen molar-refractivity contribution < 1.29 is 27.5 Å². The van der Waals surface area contributed by atoms with E-state index in [0.717, 1.165) is 0 Å². The summed E-state index contributed by atoms with van der Waals surface area (Å²) in [6, 6.07) is -0.526. The lowest BCUT2D eigenvalue weighted by Gasteiger charge is -2.17. The molecule has 0 spiro atoms. The van der Waals surface area contributed by atoms with Gasteiger partial charge in [0, 0.05) is 24.5 Å². The van der Waals surface area contributed by atoms with Crippen LogP contribution in [0.5, 0.6) is 0 Å². The van der Waals surface area contributed by atoms with Gasteiger partial charge in [-0.2, -0.15) is 11.8 Å². The predicted molar refractivity (Wildman–Crippen MR) is 67.6 cm³/mol. The molecule has 20 heavy (non-hydrogen) atoms. The molecule has 0 radical (unpaired) electrons. The molecule has 0 fully saturated rings. The Hall–Kier alpha value is -1.28. The minimum Gasteiger partial charge on any atom is -0.396 e. The Morgan fingerprint density at radius 3 is 2.30 bits per heavy atom. The highest BCUT2D eigenvalue weighted by Gasteiger charge is 2.26. The zero-order chi connectivity index (χ0) is 15.3. The standard InChI is InChI=1S/C12H13F4NO2S/c1-20-5-6(2-3-18)17-12(19)9-10(15)7(13)4-8(14)11(9)16/h4,6,18H,2-3,5H2,1H3,(H,17,19)/t6-/m1/s1. The number of amides is 1. The van der Waals surface area contributed by atoms with Crippen LogP contribution in [0.25, 0.3) is 0 Å². The van der Waals surface area contributed by atoms with E-state index in [-0.39, 0.29) is 19.1 Å². The number of thioether (sulfide) groups is 1. The topological polar surface area (TPSA) is 49.3 Å². The number of hydrogen-bond acceptors (Lipinski definition) is 3. The molecule has 1 amide bonds. The first-order chi connectivity index (χ1) is 9.42. The molecule has 2 N–H and O–H groups in total. The van der Waals surface area contributed by atoms with Crippen LogP contribution in [0.2, 0.25) is 0 Å². The van der Waals surface area contributed by atoms with Gasteiger partial charge in [-0.25, -0.2) is 17.6 Å². The molecular formula is C12H13F4NO2S. The number of halogens is 4. The summed E-state index contributed by atoms with van der Waals surface area (Å²) in [7, 11) is 0. The SMILES string of the molecule is CSC[C@@H](CCO)NC(=O)c1c(F)c(F)cc(F)c1F. The Labute approximate surface area is 117 Å². The highest BCUT2D eigenvalue weighted by molar-refractivity contribution is 7.98. The number of hydrogen-bond donors (Lipinski definition) is 2. The van der Waals surface area contributed by atoms with E-state index in [9.17, 15) is 22.4 Å². The maximum Gasteiger partial charge on any atom is 0.257 e. The molecule has 1 aromatic rings. The Bertz CT molecular complexity index is 467. The van der Waals surface area contributed by atoms with E-state index in [1.807, 2.05) is 0 Å². The van der Waals surface area contributed by atoms with E-state index in [4.69, 9.17) is 5.11 Å². The van der Waals surface area contributed by atoms with Crippen molar-refractivity contribution in [2.24, 2.45) is 0 Å². The van der Waals surface area contributed by atoms with Gasteiger partial charge in [0.2, 0.25) is 0 Å². The lowest BCUT2D eigenvalue weighted by molar-refractivity contribution is 0.0924. The molecule has 0 aliphatic rings. The molecule has 1 aromatic carbocycles. The zero-order valence-electron chi connectivity index (χ0n) is 10.6. The first kappa shape index (κ1) is 16.8. The molecule has 0 heterocycles. The van der Waals surface area contributed by atoms with Crippen molar-refractivity contribution in [1.82, 2.24) is 5.32 Å². The van der Waals surface area contributed by atoms with Crippen molar-refractivity contribution in [3.8, 4) is 0 Å². The van der Waals surface area contributed by atoms with Crippen LogP contribution in [0.15, 0.2) is 6.07 Å².